The molecule has 2 aliphatic heterocycles. The van der Waals surface area contributed by atoms with Gasteiger partial charge in [0, 0.05) is 56.7 Å². The van der Waals surface area contributed by atoms with Crippen molar-refractivity contribution in [3.8, 4) is 11.5 Å². The van der Waals surface area contributed by atoms with Crippen LogP contribution in [0.1, 0.15) is 30.7 Å². The number of nitrogens with zero attached hydrogens (tertiary/aromatic N) is 7. The Morgan fingerprint density at radius 2 is 1.82 bits per heavy atom. The van der Waals surface area contributed by atoms with E-state index < -0.39 is 0 Å². The third-order valence-corrected chi connectivity index (χ3v) is 8.14. The van der Waals surface area contributed by atoms with Gasteiger partial charge < -0.3 is 24.4 Å². The SMILES string of the molecule is Cc1cc(-c2nc(CC(=O)Nc3cc4sc(N5CCN(C)CC5)nc4nc3N3CCCCC3)co2)ccn1.Cl. The molecule has 206 valence electrons. The first-order valence-electron chi connectivity index (χ1n) is 13.2. The number of thiazole rings is 1. The maximum atomic E-state index is 13.2. The smallest absolute Gasteiger partial charge is 0.230 e. The Hall–Kier alpha value is -3.28. The number of amides is 1. The molecule has 0 saturated carbocycles. The summed E-state index contributed by atoms with van der Waals surface area (Å²) in [4.78, 5) is 38.7. The monoisotopic (exact) mass is 568 g/mol. The molecule has 0 atom stereocenters. The predicted molar refractivity (Wildman–Crippen MR) is 157 cm³/mol. The third kappa shape index (κ3) is 6.15. The van der Waals surface area contributed by atoms with Crippen molar-refractivity contribution >= 4 is 56.6 Å². The fraction of sp³-hybridized carbons (Fsp3) is 0.444. The number of fused-ring (bicyclic) bond motifs is 1. The molecule has 4 aromatic rings. The molecular formula is C27H33ClN8O2S. The number of likely N-dealkylation sites (N-methyl/N-ethyl adjacent to an activating group) is 1. The third-order valence-electron chi connectivity index (χ3n) is 7.09. The average molecular weight is 569 g/mol. The van der Waals surface area contributed by atoms with Gasteiger partial charge in [-0.2, -0.15) is 4.98 Å². The van der Waals surface area contributed by atoms with E-state index >= 15 is 0 Å². The maximum absolute atomic E-state index is 13.2. The molecule has 2 aliphatic rings. The molecule has 2 fully saturated rings. The lowest BCUT2D eigenvalue weighted by Crippen LogP contribution is -2.44. The molecule has 0 radical (unpaired) electrons. The number of anilines is 3. The van der Waals surface area contributed by atoms with Crippen molar-refractivity contribution in [3.63, 3.8) is 0 Å². The Labute approximate surface area is 237 Å². The molecule has 0 spiro atoms. The topological polar surface area (TPSA) is 104 Å². The largest absolute Gasteiger partial charge is 0.444 e. The first-order valence-corrected chi connectivity index (χ1v) is 14.0. The number of aromatic nitrogens is 4. The van der Waals surface area contributed by atoms with Gasteiger partial charge in [0.05, 0.1) is 22.5 Å². The van der Waals surface area contributed by atoms with Crippen LogP contribution in [0.5, 0.6) is 0 Å². The molecular weight excluding hydrogens is 536 g/mol. The maximum Gasteiger partial charge on any atom is 0.230 e. The second-order valence-electron chi connectivity index (χ2n) is 10.1. The number of aryl methyl sites for hydroxylation is 1. The zero-order valence-corrected chi connectivity index (χ0v) is 23.9. The van der Waals surface area contributed by atoms with Gasteiger partial charge in [0.1, 0.15) is 6.26 Å². The normalized spacial score (nSPS) is 16.4. The number of nitrogens with one attached hydrogen (secondary N) is 1. The van der Waals surface area contributed by atoms with Crippen LogP contribution in [0.25, 0.3) is 21.8 Å². The van der Waals surface area contributed by atoms with E-state index in [4.69, 9.17) is 14.4 Å². The number of piperidine rings is 1. The Bertz CT molecular complexity index is 1440. The van der Waals surface area contributed by atoms with Crippen molar-refractivity contribution in [2.75, 3.05) is 61.4 Å². The summed E-state index contributed by atoms with van der Waals surface area (Å²) in [6, 6.07) is 5.79. The molecule has 2 saturated heterocycles. The van der Waals surface area contributed by atoms with Crippen LogP contribution in [-0.4, -0.2) is 77.1 Å². The summed E-state index contributed by atoms with van der Waals surface area (Å²) in [6.07, 6.45) is 6.83. The highest BCUT2D eigenvalue weighted by Gasteiger charge is 2.23. The van der Waals surface area contributed by atoms with E-state index in [0.717, 1.165) is 90.4 Å². The number of hydrogen-bond acceptors (Lipinski definition) is 10. The van der Waals surface area contributed by atoms with Gasteiger partial charge in [-0.1, -0.05) is 11.3 Å². The van der Waals surface area contributed by atoms with Crippen molar-refractivity contribution in [3.05, 3.63) is 42.0 Å². The van der Waals surface area contributed by atoms with Gasteiger partial charge in [-0.15, -0.1) is 12.4 Å². The summed E-state index contributed by atoms with van der Waals surface area (Å²) in [7, 11) is 2.15. The number of rotatable bonds is 6. The first-order chi connectivity index (χ1) is 18.5. The highest BCUT2D eigenvalue weighted by Crippen LogP contribution is 2.35. The zero-order valence-electron chi connectivity index (χ0n) is 22.2. The van der Waals surface area contributed by atoms with Gasteiger partial charge in [-0.05, 0) is 51.4 Å². The Balaban J connectivity index is 0.00000308. The van der Waals surface area contributed by atoms with Crippen LogP contribution in [0.15, 0.2) is 35.1 Å². The zero-order chi connectivity index (χ0) is 26.1. The number of halogens is 1. The average Bonchev–Trinajstić information content (AvgIpc) is 3.56. The van der Waals surface area contributed by atoms with Gasteiger partial charge >= 0.3 is 0 Å². The van der Waals surface area contributed by atoms with Gasteiger partial charge in [-0.25, -0.2) is 9.97 Å². The van der Waals surface area contributed by atoms with Crippen LogP contribution >= 0.6 is 23.7 Å². The quantitative estimate of drug-likeness (QED) is 0.362. The highest BCUT2D eigenvalue weighted by molar-refractivity contribution is 7.22. The summed E-state index contributed by atoms with van der Waals surface area (Å²) >= 11 is 1.64. The predicted octanol–water partition coefficient (Wildman–Crippen LogP) is 4.39. The van der Waals surface area contributed by atoms with E-state index in [9.17, 15) is 4.79 Å². The van der Waals surface area contributed by atoms with Crippen molar-refractivity contribution in [1.82, 2.24) is 24.8 Å². The van der Waals surface area contributed by atoms with Crippen LogP contribution in [0.3, 0.4) is 0 Å². The lowest BCUT2D eigenvalue weighted by molar-refractivity contribution is -0.115. The van der Waals surface area contributed by atoms with Crippen LogP contribution in [0, 0.1) is 6.92 Å². The molecule has 12 heteroatoms. The number of pyridine rings is 2. The molecule has 0 aliphatic carbocycles. The number of carbonyl (C=O) groups is 1. The Kier molecular flexibility index (Phi) is 8.29. The second-order valence-corrected chi connectivity index (χ2v) is 11.1. The molecule has 0 unspecified atom stereocenters. The van der Waals surface area contributed by atoms with Gasteiger partial charge in [-0.3, -0.25) is 9.78 Å². The number of hydrogen-bond donors (Lipinski definition) is 1. The molecule has 1 amide bonds. The molecule has 0 aromatic carbocycles. The molecule has 10 nitrogen and oxygen atoms in total. The van der Waals surface area contributed by atoms with E-state index in [1.54, 1.807) is 23.8 Å². The standard InChI is InChI=1S/C27H32N8O2S.ClH/c1-18-14-19(6-7-28-18)26-29-20(17-37-26)15-23(36)30-21-16-22-24(31-25(21)34-8-4-3-5-9-34)32-27(38-22)35-12-10-33(2)11-13-35;/h6-7,14,16-17H,3-5,8-13,15H2,1-2H3,(H,30,36);1H. The summed E-state index contributed by atoms with van der Waals surface area (Å²) in [6.45, 7) is 7.73. The van der Waals surface area contributed by atoms with E-state index in [1.807, 2.05) is 25.1 Å². The van der Waals surface area contributed by atoms with E-state index in [0.29, 0.717) is 11.6 Å². The molecule has 0 bridgehead atoms. The van der Waals surface area contributed by atoms with Crippen molar-refractivity contribution in [1.29, 1.82) is 0 Å². The molecule has 6 heterocycles. The van der Waals surface area contributed by atoms with Crippen molar-refractivity contribution in [2.45, 2.75) is 32.6 Å². The van der Waals surface area contributed by atoms with Crippen LogP contribution in [-0.2, 0) is 11.2 Å². The van der Waals surface area contributed by atoms with Crippen LogP contribution in [0.2, 0.25) is 0 Å². The van der Waals surface area contributed by atoms with E-state index in [1.165, 1.54) is 6.42 Å². The summed E-state index contributed by atoms with van der Waals surface area (Å²) in [5.41, 5.74) is 3.78. The van der Waals surface area contributed by atoms with Gasteiger partial charge in [0.15, 0.2) is 16.6 Å². The number of carbonyl (C=O) groups excluding carboxylic acids is 1. The highest BCUT2D eigenvalue weighted by atomic mass is 35.5. The number of oxazole rings is 1. The lowest BCUT2D eigenvalue weighted by Gasteiger charge is -2.31. The van der Waals surface area contributed by atoms with E-state index in [-0.39, 0.29) is 24.7 Å². The Morgan fingerprint density at radius 3 is 2.59 bits per heavy atom. The second kappa shape index (κ2) is 11.8. The molecule has 39 heavy (non-hydrogen) atoms. The minimum absolute atomic E-state index is 0. The Morgan fingerprint density at radius 1 is 1.03 bits per heavy atom. The van der Waals surface area contributed by atoms with Crippen molar-refractivity contribution in [2.24, 2.45) is 0 Å². The fourth-order valence-electron chi connectivity index (χ4n) is 4.97. The summed E-state index contributed by atoms with van der Waals surface area (Å²) in [5, 5.41) is 4.12. The molecule has 4 aromatic heterocycles. The lowest BCUT2D eigenvalue weighted by atomic mass is 10.1. The summed E-state index contributed by atoms with van der Waals surface area (Å²) in [5.74, 6) is 1.13. The van der Waals surface area contributed by atoms with E-state index in [2.05, 4.69) is 37.0 Å². The van der Waals surface area contributed by atoms with Crippen molar-refractivity contribution < 1.29 is 9.21 Å². The van der Waals surface area contributed by atoms with Gasteiger partial charge in [0.25, 0.3) is 0 Å². The minimum atomic E-state index is -0.154. The molecule has 1 N–H and O–H groups in total. The number of piperazine rings is 1. The minimum Gasteiger partial charge on any atom is -0.444 e. The van der Waals surface area contributed by atoms with Crippen LogP contribution < -0.4 is 15.1 Å². The first kappa shape index (κ1) is 27.3. The van der Waals surface area contributed by atoms with Crippen LogP contribution in [0.4, 0.5) is 16.6 Å². The fourth-order valence-corrected chi connectivity index (χ4v) is 5.97. The molecule has 6 rings (SSSR count). The van der Waals surface area contributed by atoms with Gasteiger partial charge in [0.2, 0.25) is 11.8 Å². The summed E-state index contributed by atoms with van der Waals surface area (Å²) < 4.78 is 6.63.